The third-order valence-electron chi connectivity index (χ3n) is 3.52. The Labute approximate surface area is 150 Å². The van der Waals surface area contributed by atoms with Crippen molar-refractivity contribution in [3.8, 4) is 5.75 Å². The van der Waals surface area contributed by atoms with E-state index < -0.39 is 35.7 Å². The molecule has 138 valence electrons. The second-order valence-electron chi connectivity index (χ2n) is 5.08. The number of nitrogens with one attached hydrogen (secondary N) is 1. The molecule has 0 spiro atoms. The van der Waals surface area contributed by atoms with Gasteiger partial charge in [-0.2, -0.15) is 13.2 Å². The Balaban J connectivity index is 2.43. The topological polar surface area (TPSA) is 85.4 Å². The molecule has 1 heterocycles. The van der Waals surface area contributed by atoms with Gasteiger partial charge >= 0.3 is 12.1 Å². The Kier molecular flexibility index (Phi) is 5.76. The Hall–Kier alpha value is -2.75. The smallest absolute Gasteiger partial charge is 0.425 e. The zero-order valence-corrected chi connectivity index (χ0v) is 14.2. The predicted octanol–water partition coefficient (Wildman–Crippen LogP) is 3.22. The number of nitrogens with zero attached hydrogens (tertiary/aromatic N) is 1. The average molecular weight is 386 g/mol. The highest BCUT2D eigenvalue weighted by Gasteiger charge is 2.62. The number of thiazole rings is 1. The molecule has 26 heavy (non-hydrogen) atoms. The van der Waals surface area contributed by atoms with Gasteiger partial charge in [-0.15, -0.1) is 11.3 Å². The van der Waals surface area contributed by atoms with Crippen molar-refractivity contribution in [3.05, 3.63) is 41.9 Å². The molecule has 1 aromatic heterocycles. The number of ketones is 1. The summed E-state index contributed by atoms with van der Waals surface area (Å²) in [7, 11) is 0. The van der Waals surface area contributed by atoms with Crippen LogP contribution in [0.3, 0.4) is 0 Å². The minimum atomic E-state index is -5.41. The number of hydrogen-bond donors (Lipinski definition) is 1. The molecule has 1 N–H and O–H groups in total. The van der Waals surface area contributed by atoms with Crippen molar-refractivity contribution in [1.29, 1.82) is 0 Å². The van der Waals surface area contributed by atoms with Crippen LogP contribution in [-0.4, -0.2) is 28.8 Å². The van der Waals surface area contributed by atoms with Crippen LogP contribution in [0.25, 0.3) is 0 Å². The normalized spacial score (nSPS) is 13.5. The highest BCUT2D eigenvalue weighted by atomic mass is 32.1. The SMILES string of the molecule is CCC(C(=O)Nc1nccs1)(C(=O)Oc1ccccc1)C(=O)C(F)(F)F. The van der Waals surface area contributed by atoms with Gasteiger partial charge in [0.1, 0.15) is 5.75 Å². The molecular formula is C16H13F3N2O4S. The molecule has 2 rings (SSSR count). The number of alkyl halides is 3. The lowest BCUT2D eigenvalue weighted by Crippen LogP contribution is -2.55. The molecule has 0 bridgehead atoms. The average Bonchev–Trinajstić information content (AvgIpc) is 3.09. The van der Waals surface area contributed by atoms with Gasteiger partial charge in [-0.05, 0) is 18.6 Å². The summed E-state index contributed by atoms with van der Waals surface area (Å²) in [5.74, 6) is -5.64. The molecule has 6 nitrogen and oxygen atoms in total. The van der Waals surface area contributed by atoms with E-state index >= 15 is 0 Å². The first kappa shape index (κ1) is 19.6. The molecule has 0 fully saturated rings. The standard InChI is InChI=1S/C16H13F3N2O4S/c1-2-15(11(22)16(17,18)19,12(23)21-14-20-8-9-26-14)13(24)25-10-6-4-3-5-7-10/h3-9H,2H2,1H3,(H,20,21,23). The van der Waals surface area contributed by atoms with E-state index in [1.54, 1.807) is 6.07 Å². The Morgan fingerprint density at radius 3 is 2.35 bits per heavy atom. The van der Waals surface area contributed by atoms with Gasteiger partial charge < -0.3 is 10.1 Å². The number of rotatable bonds is 6. The maximum Gasteiger partial charge on any atom is 0.451 e. The lowest BCUT2D eigenvalue weighted by atomic mass is 9.79. The lowest BCUT2D eigenvalue weighted by molar-refractivity contribution is -0.188. The Morgan fingerprint density at radius 2 is 1.85 bits per heavy atom. The number of carbonyl (C=O) groups excluding carboxylic acids is 3. The lowest BCUT2D eigenvalue weighted by Gasteiger charge is -2.27. The zero-order valence-electron chi connectivity index (χ0n) is 13.4. The van der Waals surface area contributed by atoms with Gasteiger partial charge in [-0.3, -0.25) is 9.59 Å². The van der Waals surface area contributed by atoms with E-state index in [0.717, 1.165) is 18.3 Å². The van der Waals surface area contributed by atoms with Crippen molar-refractivity contribution in [3.63, 3.8) is 0 Å². The highest BCUT2D eigenvalue weighted by molar-refractivity contribution is 7.13. The minimum Gasteiger partial charge on any atom is -0.425 e. The van der Waals surface area contributed by atoms with Crippen LogP contribution in [0.4, 0.5) is 18.3 Å². The first-order valence-corrected chi connectivity index (χ1v) is 8.19. The number of hydrogen-bond acceptors (Lipinski definition) is 6. The van der Waals surface area contributed by atoms with Crippen molar-refractivity contribution in [2.45, 2.75) is 19.5 Å². The van der Waals surface area contributed by atoms with Crippen LogP contribution < -0.4 is 10.1 Å². The molecule has 2 aromatic rings. The zero-order chi connectivity index (χ0) is 19.4. The molecule has 10 heteroatoms. The highest BCUT2D eigenvalue weighted by Crippen LogP contribution is 2.36. The molecule has 1 atom stereocenters. The summed E-state index contributed by atoms with van der Waals surface area (Å²) in [6.07, 6.45) is -4.85. The van der Waals surface area contributed by atoms with Gasteiger partial charge in [0.25, 0.3) is 11.7 Å². The molecule has 0 radical (unpaired) electrons. The van der Waals surface area contributed by atoms with Crippen molar-refractivity contribution >= 4 is 34.1 Å². The van der Waals surface area contributed by atoms with Crippen molar-refractivity contribution in [2.75, 3.05) is 5.32 Å². The number of anilines is 1. The van der Waals surface area contributed by atoms with Crippen LogP contribution in [0.1, 0.15) is 13.3 Å². The fraction of sp³-hybridized carbons (Fsp3) is 0.250. The largest absolute Gasteiger partial charge is 0.451 e. The van der Waals surface area contributed by atoms with Crippen molar-refractivity contribution in [2.24, 2.45) is 5.41 Å². The Bertz CT molecular complexity index is 794. The fourth-order valence-corrected chi connectivity index (χ4v) is 2.69. The maximum absolute atomic E-state index is 13.1. The number of benzene rings is 1. The monoisotopic (exact) mass is 386 g/mol. The van der Waals surface area contributed by atoms with Crippen LogP contribution in [0.5, 0.6) is 5.75 Å². The molecule has 0 saturated carbocycles. The van der Waals surface area contributed by atoms with Crippen molar-refractivity contribution < 1.29 is 32.3 Å². The summed E-state index contributed by atoms with van der Waals surface area (Å²) in [6.45, 7) is 1.12. The number of Topliss-reactive ketones (excluding diaryl/α,β-unsaturated/α-hetero) is 1. The van der Waals surface area contributed by atoms with Gasteiger partial charge in [0, 0.05) is 11.6 Å². The first-order chi connectivity index (χ1) is 12.2. The third-order valence-corrected chi connectivity index (χ3v) is 4.21. The third kappa shape index (κ3) is 3.90. The van der Waals surface area contributed by atoms with Gasteiger partial charge in [-0.25, -0.2) is 9.78 Å². The number of amides is 1. The van der Waals surface area contributed by atoms with Gasteiger partial charge in [0.15, 0.2) is 5.13 Å². The second kappa shape index (κ2) is 7.65. The van der Waals surface area contributed by atoms with E-state index in [4.69, 9.17) is 4.74 Å². The second-order valence-corrected chi connectivity index (χ2v) is 5.97. The number of halogens is 3. The van der Waals surface area contributed by atoms with Gasteiger partial charge in [-0.1, -0.05) is 25.1 Å². The molecule has 0 aliphatic heterocycles. The van der Waals surface area contributed by atoms with Crippen LogP contribution in [0, 0.1) is 5.41 Å². The summed E-state index contributed by atoms with van der Waals surface area (Å²) in [6, 6.07) is 7.19. The number of esters is 1. The number of carbonyl (C=O) groups is 3. The van der Waals surface area contributed by atoms with Crippen LogP contribution in [0.2, 0.25) is 0 Å². The minimum absolute atomic E-state index is 0.0460. The van der Waals surface area contributed by atoms with E-state index in [0.29, 0.717) is 0 Å². The quantitative estimate of drug-likeness (QED) is 0.468. The van der Waals surface area contributed by atoms with Crippen molar-refractivity contribution in [1.82, 2.24) is 4.98 Å². The van der Waals surface area contributed by atoms with Crippen LogP contribution >= 0.6 is 11.3 Å². The first-order valence-electron chi connectivity index (χ1n) is 7.31. The summed E-state index contributed by atoms with van der Waals surface area (Å²) in [5, 5.41) is 3.50. The van der Waals surface area contributed by atoms with E-state index in [9.17, 15) is 27.6 Å². The van der Waals surface area contributed by atoms with Crippen LogP contribution in [0.15, 0.2) is 41.9 Å². The number of para-hydroxylation sites is 1. The molecule has 0 aliphatic carbocycles. The maximum atomic E-state index is 13.1. The fourth-order valence-electron chi connectivity index (χ4n) is 2.17. The van der Waals surface area contributed by atoms with E-state index in [2.05, 4.69) is 10.3 Å². The summed E-state index contributed by atoms with van der Waals surface area (Å²) in [5.41, 5.74) is -3.08. The van der Waals surface area contributed by atoms with Gasteiger partial charge in [0.05, 0.1) is 0 Å². The molecule has 1 unspecified atom stereocenters. The number of ether oxygens (including phenoxy) is 1. The van der Waals surface area contributed by atoms with E-state index in [1.165, 1.54) is 35.8 Å². The van der Waals surface area contributed by atoms with Crippen LogP contribution in [-0.2, 0) is 14.4 Å². The molecule has 1 amide bonds. The number of aromatic nitrogens is 1. The molecule has 1 aromatic carbocycles. The Morgan fingerprint density at radius 1 is 1.19 bits per heavy atom. The molecule has 0 saturated heterocycles. The van der Waals surface area contributed by atoms with Gasteiger partial charge in [0.2, 0.25) is 5.41 Å². The molecule has 0 aliphatic rings. The van der Waals surface area contributed by atoms with E-state index in [-0.39, 0.29) is 10.9 Å². The summed E-state index contributed by atoms with van der Waals surface area (Å²) in [4.78, 5) is 40.7. The predicted molar refractivity (Wildman–Crippen MR) is 86.6 cm³/mol. The van der Waals surface area contributed by atoms with E-state index in [1.807, 2.05) is 0 Å². The molecular weight excluding hydrogens is 373 g/mol. The summed E-state index contributed by atoms with van der Waals surface area (Å²) >= 11 is 0.925. The summed E-state index contributed by atoms with van der Waals surface area (Å²) < 4.78 is 44.2.